The zero-order valence-electron chi connectivity index (χ0n) is 10.9. The second kappa shape index (κ2) is 5.08. The molecule has 0 atom stereocenters. The van der Waals surface area contributed by atoms with Gasteiger partial charge in [0.1, 0.15) is 0 Å². The van der Waals surface area contributed by atoms with Crippen molar-refractivity contribution < 1.29 is 9.90 Å². The van der Waals surface area contributed by atoms with Crippen LogP contribution in [0.5, 0.6) is 0 Å². The molecule has 0 bridgehead atoms. The van der Waals surface area contributed by atoms with Crippen LogP contribution in [0.3, 0.4) is 0 Å². The Labute approximate surface area is 93.5 Å². The van der Waals surface area contributed by atoms with Gasteiger partial charge in [-0.05, 0) is 20.4 Å². The molecule has 0 aromatic heterocycles. The third kappa shape index (κ3) is 6.63. The lowest BCUT2D eigenvalue weighted by Gasteiger charge is -2.29. The van der Waals surface area contributed by atoms with Crippen LogP contribution in [0.25, 0.3) is 0 Å². The molecule has 0 aliphatic rings. The molecule has 3 heteroatoms. The number of aliphatic hydroxyl groups is 1. The SMILES string of the molecule is CCN(CC(=O)C(C)(C)C)CC(C)(C)O. The highest BCUT2D eigenvalue weighted by Crippen LogP contribution is 2.16. The minimum Gasteiger partial charge on any atom is -0.389 e. The Morgan fingerprint density at radius 3 is 1.93 bits per heavy atom. The predicted molar refractivity (Wildman–Crippen MR) is 62.9 cm³/mol. The minimum atomic E-state index is -0.742. The highest BCUT2D eigenvalue weighted by Gasteiger charge is 2.25. The topological polar surface area (TPSA) is 40.5 Å². The number of carbonyl (C=O) groups excluding carboxylic acids is 1. The van der Waals surface area contributed by atoms with Crippen LogP contribution in [0.2, 0.25) is 0 Å². The van der Waals surface area contributed by atoms with Gasteiger partial charge in [0.05, 0.1) is 12.1 Å². The van der Waals surface area contributed by atoms with Crippen molar-refractivity contribution in [1.82, 2.24) is 4.90 Å². The molecule has 0 unspecified atom stereocenters. The van der Waals surface area contributed by atoms with E-state index in [9.17, 15) is 9.90 Å². The smallest absolute Gasteiger partial charge is 0.152 e. The van der Waals surface area contributed by atoms with E-state index in [1.165, 1.54) is 0 Å². The largest absolute Gasteiger partial charge is 0.389 e. The van der Waals surface area contributed by atoms with E-state index in [1.807, 2.05) is 32.6 Å². The van der Waals surface area contributed by atoms with E-state index in [0.29, 0.717) is 13.1 Å². The second-order valence-corrected chi connectivity index (χ2v) is 5.79. The maximum absolute atomic E-state index is 11.8. The van der Waals surface area contributed by atoms with Gasteiger partial charge in [0.25, 0.3) is 0 Å². The Balaban J connectivity index is 4.29. The first-order valence-corrected chi connectivity index (χ1v) is 5.54. The first kappa shape index (κ1) is 14.6. The molecule has 15 heavy (non-hydrogen) atoms. The molecule has 1 N–H and O–H groups in total. The van der Waals surface area contributed by atoms with Gasteiger partial charge in [-0.25, -0.2) is 0 Å². The Morgan fingerprint density at radius 2 is 1.67 bits per heavy atom. The van der Waals surface area contributed by atoms with Gasteiger partial charge in [0.15, 0.2) is 5.78 Å². The fourth-order valence-electron chi connectivity index (χ4n) is 1.27. The van der Waals surface area contributed by atoms with Crippen molar-refractivity contribution in [2.24, 2.45) is 5.41 Å². The van der Waals surface area contributed by atoms with Gasteiger partial charge in [-0.15, -0.1) is 0 Å². The van der Waals surface area contributed by atoms with Crippen LogP contribution in [-0.2, 0) is 4.79 Å². The number of hydrogen-bond donors (Lipinski definition) is 1. The van der Waals surface area contributed by atoms with Crippen molar-refractivity contribution in [2.45, 2.75) is 47.1 Å². The van der Waals surface area contributed by atoms with Crippen LogP contribution in [-0.4, -0.2) is 41.0 Å². The molecule has 0 aromatic rings. The van der Waals surface area contributed by atoms with Gasteiger partial charge in [-0.3, -0.25) is 9.69 Å². The maximum atomic E-state index is 11.8. The van der Waals surface area contributed by atoms with E-state index in [-0.39, 0.29) is 11.2 Å². The van der Waals surface area contributed by atoms with Gasteiger partial charge in [0.2, 0.25) is 0 Å². The molecule has 0 aliphatic carbocycles. The lowest BCUT2D eigenvalue weighted by Crippen LogP contribution is -2.43. The number of ketones is 1. The average molecular weight is 215 g/mol. The number of likely N-dealkylation sites (N-methyl/N-ethyl adjacent to an activating group) is 1. The Hall–Kier alpha value is -0.410. The fourth-order valence-corrected chi connectivity index (χ4v) is 1.27. The first-order chi connectivity index (χ1) is 6.56. The molecular weight excluding hydrogens is 190 g/mol. The van der Waals surface area contributed by atoms with E-state index in [4.69, 9.17) is 0 Å². The quantitative estimate of drug-likeness (QED) is 0.759. The minimum absolute atomic E-state index is 0.216. The molecule has 0 saturated heterocycles. The molecule has 0 rings (SSSR count). The molecule has 0 heterocycles. The lowest BCUT2D eigenvalue weighted by atomic mass is 9.90. The van der Waals surface area contributed by atoms with Gasteiger partial charge >= 0.3 is 0 Å². The molecule has 0 aliphatic heterocycles. The van der Waals surface area contributed by atoms with Gasteiger partial charge in [-0.1, -0.05) is 27.7 Å². The number of Topliss-reactive ketones (excluding diaryl/α,β-unsaturated/α-hetero) is 1. The number of rotatable bonds is 5. The summed E-state index contributed by atoms with van der Waals surface area (Å²) in [6.07, 6.45) is 0. The number of carbonyl (C=O) groups is 1. The Bertz CT molecular complexity index is 211. The van der Waals surface area contributed by atoms with E-state index in [2.05, 4.69) is 0 Å². The summed E-state index contributed by atoms with van der Waals surface area (Å²) in [5.41, 5.74) is -1.04. The molecule has 3 nitrogen and oxygen atoms in total. The summed E-state index contributed by atoms with van der Waals surface area (Å²) >= 11 is 0. The molecule has 0 fully saturated rings. The Kier molecular flexibility index (Phi) is 4.94. The summed E-state index contributed by atoms with van der Waals surface area (Å²) in [6.45, 7) is 13.0. The fraction of sp³-hybridized carbons (Fsp3) is 0.917. The third-order valence-corrected chi connectivity index (χ3v) is 2.26. The van der Waals surface area contributed by atoms with E-state index < -0.39 is 5.60 Å². The standard InChI is InChI=1S/C12H25NO2/c1-7-13(9-12(5,6)15)8-10(14)11(2,3)4/h15H,7-9H2,1-6H3. The highest BCUT2D eigenvalue weighted by atomic mass is 16.3. The number of nitrogens with zero attached hydrogens (tertiary/aromatic N) is 1. The maximum Gasteiger partial charge on any atom is 0.152 e. The van der Waals surface area contributed by atoms with Crippen molar-refractivity contribution in [2.75, 3.05) is 19.6 Å². The van der Waals surface area contributed by atoms with Crippen molar-refractivity contribution in [1.29, 1.82) is 0 Å². The third-order valence-electron chi connectivity index (χ3n) is 2.26. The van der Waals surface area contributed by atoms with Crippen LogP contribution in [0.1, 0.15) is 41.5 Å². The zero-order valence-corrected chi connectivity index (χ0v) is 10.9. The second-order valence-electron chi connectivity index (χ2n) is 5.79. The van der Waals surface area contributed by atoms with Crippen molar-refractivity contribution in [3.05, 3.63) is 0 Å². The number of hydrogen-bond acceptors (Lipinski definition) is 3. The zero-order chi connectivity index (χ0) is 12.3. The Morgan fingerprint density at radius 1 is 1.20 bits per heavy atom. The van der Waals surface area contributed by atoms with E-state index in [0.717, 1.165) is 6.54 Å². The molecule has 0 aromatic carbocycles. The average Bonchev–Trinajstić information content (AvgIpc) is 1.98. The monoisotopic (exact) mass is 215 g/mol. The normalized spacial score (nSPS) is 13.3. The summed E-state index contributed by atoms with van der Waals surface area (Å²) in [7, 11) is 0. The van der Waals surface area contributed by atoms with Crippen LogP contribution in [0, 0.1) is 5.41 Å². The van der Waals surface area contributed by atoms with Crippen LogP contribution >= 0.6 is 0 Å². The van der Waals surface area contributed by atoms with E-state index >= 15 is 0 Å². The molecule has 0 amide bonds. The summed E-state index contributed by atoms with van der Waals surface area (Å²) in [5, 5.41) is 9.68. The summed E-state index contributed by atoms with van der Waals surface area (Å²) < 4.78 is 0. The summed E-state index contributed by atoms with van der Waals surface area (Å²) in [4.78, 5) is 13.8. The van der Waals surface area contributed by atoms with Crippen molar-refractivity contribution in [3.63, 3.8) is 0 Å². The molecular formula is C12H25NO2. The van der Waals surface area contributed by atoms with Gasteiger partial charge < -0.3 is 5.11 Å². The van der Waals surface area contributed by atoms with E-state index in [1.54, 1.807) is 13.8 Å². The van der Waals surface area contributed by atoms with Crippen LogP contribution < -0.4 is 0 Å². The van der Waals surface area contributed by atoms with Crippen LogP contribution in [0.4, 0.5) is 0 Å². The lowest BCUT2D eigenvalue weighted by molar-refractivity contribution is -0.128. The van der Waals surface area contributed by atoms with Gasteiger partial charge in [0, 0.05) is 12.0 Å². The molecule has 0 spiro atoms. The highest BCUT2D eigenvalue weighted by molar-refractivity contribution is 5.85. The molecule has 0 radical (unpaired) electrons. The summed E-state index contributed by atoms with van der Waals surface area (Å²) in [5.74, 6) is 0.216. The first-order valence-electron chi connectivity index (χ1n) is 5.54. The van der Waals surface area contributed by atoms with Crippen LogP contribution in [0.15, 0.2) is 0 Å². The van der Waals surface area contributed by atoms with Gasteiger partial charge in [-0.2, -0.15) is 0 Å². The molecule has 0 saturated carbocycles. The van der Waals surface area contributed by atoms with Crippen molar-refractivity contribution in [3.8, 4) is 0 Å². The summed E-state index contributed by atoms with van der Waals surface area (Å²) in [6, 6.07) is 0. The predicted octanol–water partition coefficient (Wildman–Crippen LogP) is 1.69. The van der Waals surface area contributed by atoms with Crippen molar-refractivity contribution >= 4 is 5.78 Å². The molecule has 90 valence electrons.